The molecule has 0 heterocycles. The van der Waals surface area contributed by atoms with E-state index in [-0.39, 0.29) is 6.61 Å². The van der Waals surface area contributed by atoms with E-state index in [2.05, 4.69) is 0 Å². The van der Waals surface area contributed by atoms with Crippen molar-refractivity contribution >= 4 is 17.3 Å². The first-order chi connectivity index (χ1) is 5.65. The van der Waals surface area contributed by atoms with Crippen LogP contribution in [0.3, 0.4) is 0 Å². The molecule has 12 heavy (non-hydrogen) atoms. The maximum absolute atomic E-state index is 8.77. The van der Waals surface area contributed by atoms with Crippen molar-refractivity contribution in [3.8, 4) is 0 Å². The van der Waals surface area contributed by atoms with Gasteiger partial charge < -0.3 is 16.6 Å². The maximum Gasteiger partial charge on any atom is 0.0624 e. The summed E-state index contributed by atoms with van der Waals surface area (Å²) in [6, 6.07) is 4.61. The van der Waals surface area contributed by atoms with Gasteiger partial charge in [0.15, 0.2) is 0 Å². The number of hydrogen-bond acceptors (Lipinski definition) is 3. The summed E-state index contributed by atoms with van der Waals surface area (Å²) in [6.07, 6.45) is 0. The van der Waals surface area contributed by atoms with Gasteiger partial charge in [0.1, 0.15) is 0 Å². The van der Waals surface area contributed by atoms with Gasteiger partial charge in [0.2, 0.25) is 0 Å². The Balaban J connectivity index is 3.01. The Hall–Kier alpha value is -0.770. The lowest BCUT2D eigenvalue weighted by atomic mass is 10.1. The minimum Gasteiger partial charge on any atom is -0.399 e. The third-order valence-electron chi connectivity index (χ3n) is 1.62. The summed E-state index contributed by atoms with van der Waals surface area (Å²) in [6.45, 7) is -0.121. The topological polar surface area (TPSA) is 72.3 Å². The SMILES string of the molecule is Nc1ccc([C@H](N)CO)c(Cl)c1. The Labute approximate surface area is 75.9 Å². The average Bonchev–Trinajstić information content (AvgIpc) is 2.03. The molecule has 0 radical (unpaired) electrons. The highest BCUT2D eigenvalue weighted by atomic mass is 35.5. The van der Waals surface area contributed by atoms with Crippen LogP contribution >= 0.6 is 11.6 Å². The summed E-state index contributed by atoms with van der Waals surface area (Å²) in [4.78, 5) is 0. The first-order valence-corrected chi connectivity index (χ1v) is 3.94. The van der Waals surface area contributed by atoms with Gasteiger partial charge in [0.05, 0.1) is 12.6 Å². The average molecular weight is 187 g/mol. The van der Waals surface area contributed by atoms with Crippen molar-refractivity contribution in [3.63, 3.8) is 0 Å². The first-order valence-electron chi connectivity index (χ1n) is 3.56. The van der Waals surface area contributed by atoms with E-state index in [4.69, 9.17) is 28.2 Å². The van der Waals surface area contributed by atoms with Crippen molar-refractivity contribution in [3.05, 3.63) is 28.8 Å². The molecule has 0 aromatic heterocycles. The zero-order valence-corrected chi connectivity index (χ0v) is 7.25. The van der Waals surface area contributed by atoms with Gasteiger partial charge in [-0.2, -0.15) is 0 Å². The number of anilines is 1. The standard InChI is InChI=1S/C8H11ClN2O/c9-7-3-5(10)1-2-6(7)8(11)4-12/h1-3,8,12H,4,10-11H2/t8-/m1/s1. The summed E-state index contributed by atoms with van der Waals surface area (Å²) in [5.41, 5.74) is 12.4. The maximum atomic E-state index is 8.77. The van der Waals surface area contributed by atoms with E-state index >= 15 is 0 Å². The van der Waals surface area contributed by atoms with Crippen LogP contribution in [0.5, 0.6) is 0 Å². The number of benzene rings is 1. The van der Waals surface area contributed by atoms with Gasteiger partial charge in [-0.05, 0) is 17.7 Å². The van der Waals surface area contributed by atoms with Crippen molar-refractivity contribution in [2.24, 2.45) is 5.73 Å². The Kier molecular flexibility index (Phi) is 2.92. The van der Waals surface area contributed by atoms with Crippen LogP contribution in [0.2, 0.25) is 5.02 Å². The van der Waals surface area contributed by atoms with Crippen LogP contribution in [0.1, 0.15) is 11.6 Å². The fourth-order valence-electron chi connectivity index (χ4n) is 0.942. The summed E-state index contributed by atoms with van der Waals surface area (Å²) < 4.78 is 0. The van der Waals surface area contributed by atoms with Gasteiger partial charge in [-0.3, -0.25) is 0 Å². The van der Waals surface area contributed by atoms with E-state index in [1.807, 2.05) is 0 Å². The molecule has 0 aliphatic carbocycles. The molecule has 0 bridgehead atoms. The van der Waals surface area contributed by atoms with Gasteiger partial charge in [-0.15, -0.1) is 0 Å². The van der Waals surface area contributed by atoms with E-state index in [0.717, 1.165) is 0 Å². The second-order valence-corrected chi connectivity index (χ2v) is 2.98. The quantitative estimate of drug-likeness (QED) is 0.602. The highest BCUT2D eigenvalue weighted by Gasteiger charge is 2.08. The van der Waals surface area contributed by atoms with Crippen LogP contribution in [0.4, 0.5) is 5.69 Å². The highest BCUT2D eigenvalue weighted by molar-refractivity contribution is 6.31. The third kappa shape index (κ3) is 1.88. The largest absolute Gasteiger partial charge is 0.399 e. The Morgan fingerprint density at radius 1 is 1.50 bits per heavy atom. The number of rotatable bonds is 2. The van der Waals surface area contributed by atoms with Crippen LogP contribution in [0.15, 0.2) is 18.2 Å². The van der Waals surface area contributed by atoms with Crippen LogP contribution in [-0.2, 0) is 0 Å². The van der Waals surface area contributed by atoms with E-state index in [0.29, 0.717) is 16.3 Å². The van der Waals surface area contributed by atoms with Gasteiger partial charge in [-0.1, -0.05) is 17.7 Å². The van der Waals surface area contributed by atoms with E-state index in [9.17, 15) is 0 Å². The van der Waals surface area contributed by atoms with E-state index < -0.39 is 6.04 Å². The van der Waals surface area contributed by atoms with Crippen molar-refractivity contribution in [2.75, 3.05) is 12.3 Å². The molecule has 1 aromatic rings. The second-order valence-electron chi connectivity index (χ2n) is 2.57. The molecule has 0 saturated heterocycles. The van der Waals surface area contributed by atoms with Gasteiger partial charge in [-0.25, -0.2) is 0 Å². The first kappa shape index (κ1) is 9.32. The molecule has 0 spiro atoms. The molecule has 5 N–H and O–H groups in total. The van der Waals surface area contributed by atoms with E-state index in [1.165, 1.54) is 0 Å². The van der Waals surface area contributed by atoms with Crippen LogP contribution < -0.4 is 11.5 Å². The number of nitrogens with two attached hydrogens (primary N) is 2. The Morgan fingerprint density at radius 2 is 2.17 bits per heavy atom. The minimum atomic E-state index is -0.432. The molecule has 1 atom stereocenters. The summed E-state index contributed by atoms with van der Waals surface area (Å²) in [7, 11) is 0. The fraction of sp³-hybridized carbons (Fsp3) is 0.250. The molecular weight excluding hydrogens is 176 g/mol. The minimum absolute atomic E-state index is 0.121. The van der Waals surface area contributed by atoms with Crippen molar-refractivity contribution < 1.29 is 5.11 Å². The zero-order chi connectivity index (χ0) is 9.14. The molecule has 0 unspecified atom stereocenters. The van der Waals surface area contributed by atoms with Crippen molar-refractivity contribution in [2.45, 2.75) is 6.04 Å². The summed E-state index contributed by atoms with van der Waals surface area (Å²) in [5.74, 6) is 0. The predicted octanol–water partition coefficient (Wildman–Crippen LogP) is 0.914. The molecule has 4 heteroatoms. The van der Waals surface area contributed by atoms with Gasteiger partial charge in [0.25, 0.3) is 0 Å². The molecule has 0 aliphatic heterocycles. The molecule has 0 fully saturated rings. The lowest BCUT2D eigenvalue weighted by Gasteiger charge is -2.10. The van der Waals surface area contributed by atoms with Crippen LogP contribution in [0, 0.1) is 0 Å². The monoisotopic (exact) mass is 186 g/mol. The number of aliphatic hydroxyl groups is 1. The Morgan fingerprint density at radius 3 is 2.67 bits per heavy atom. The molecule has 1 aromatic carbocycles. The highest BCUT2D eigenvalue weighted by Crippen LogP contribution is 2.23. The van der Waals surface area contributed by atoms with Crippen LogP contribution in [-0.4, -0.2) is 11.7 Å². The van der Waals surface area contributed by atoms with Crippen molar-refractivity contribution in [1.29, 1.82) is 0 Å². The second kappa shape index (κ2) is 3.76. The number of nitrogen functional groups attached to an aromatic ring is 1. The number of halogens is 1. The predicted molar refractivity (Wildman–Crippen MR) is 49.9 cm³/mol. The molecule has 0 amide bonds. The van der Waals surface area contributed by atoms with Crippen LogP contribution in [0.25, 0.3) is 0 Å². The van der Waals surface area contributed by atoms with Gasteiger partial charge >= 0.3 is 0 Å². The fourth-order valence-corrected chi connectivity index (χ4v) is 1.27. The zero-order valence-electron chi connectivity index (χ0n) is 6.50. The summed E-state index contributed by atoms with van der Waals surface area (Å²) >= 11 is 5.83. The number of aliphatic hydroxyl groups excluding tert-OH is 1. The third-order valence-corrected chi connectivity index (χ3v) is 1.95. The van der Waals surface area contributed by atoms with E-state index in [1.54, 1.807) is 18.2 Å². The summed E-state index contributed by atoms with van der Waals surface area (Å²) in [5, 5.41) is 9.26. The molecule has 0 aliphatic rings. The molecule has 3 nitrogen and oxygen atoms in total. The molecule has 66 valence electrons. The smallest absolute Gasteiger partial charge is 0.0624 e. The lowest BCUT2D eigenvalue weighted by molar-refractivity contribution is 0.268. The molecular formula is C8H11ClN2O. The number of hydrogen-bond donors (Lipinski definition) is 3. The molecule has 0 saturated carbocycles. The van der Waals surface area contributed by atoms with Gasteiger partial charge in [0, 0.05) is 10.7 Å². The normalized spacial score (nSPS) is 12.9. The lowest BCUT2D eigenvalue weighted by Crippen LogP contribution is -2.14. The Bertz CT molecular complexity index is 278. The van der Waals surface area contributed by atoms with Crippen molar-refractivity contribution in [1.82, 2.24) is 0 Å². The molecule has 1 rings (SSSR count).